The van der Waals surface area contributed by atoms with E-state index in [0.717, 1.165) is 49.5 Å². The van der Waals surface area contributed by atoms with Crippen molar-refractivity contribution in [2.75, 3.05) is 0 Å². The quantitative estimate of drug-likeness (QED) is 0.254. The molecule has 3 rings (SSSR count). The van der Waals surface area contributed by atoms with Crippen LogP contribution in [0.25, 0.3) is 0 Å². The fourth-order valence-electron chi connectivity index (χ4n) is 5.00. The summed E-state index contributed by atoms with van der Waals surface area (Å²) in [4.78, 5) is 0. The predicted octanol–water partition coefficient (Wildman–Crippen LogP) is 8.02. The van der Waals surface area contributed by atoms with Crippen molar-refractivity contribution in [1.29, 1.82) is 5.26 Å². The lowest BCUT2D eigenvalue weighted by molar-refractivity contribution is 0.295. The maximum Gasteiger partial charge on any atom is 0.159 e. The van der Waals surface area contributed by atoms with Gasteiger partial charge in [-0.25, -0.2) is 8.78 Å². The summed E-state index contributed by atoms with van der Waals surface area (Å²) < 4.78 is 26.6. The molecule has 0 unspecified atom stereocenters. The van der Waals surface area contributed by atoms with E-state index in [1.165, 1.54) is 50.3 Å². The number of hydrogen-bond acceptors (Lipinski definition) is 1. The van der Waals surface area contributed by atoms with Crippen molar-refractivity contribution in [2.45, 2.75) is 70.1 Å². The van der Waals surface area contributed by atoms with Gasteiger partial charge in [0.05, 0.1) is 6.07 Å². The van der Waals surface area contributed by atoms with E-state index < -0.39 is 11.6 Å². The predicted molar refractivity (Wildman–Crippen MR) is 119 cm³/mol. The maximum absolute atomic E-state index is 13.5. The number of halogens is 2. The van der Waals surface area contributed by atoms with Gasteiger partial charge in [-0.3, -0.25) is 0 Å². The molecular formula is C27H33F2N. The Morgan fingerprint density at radius 1 is 0.867 bits per heavy atom. The van der Waals surface area contributed by atoms with Crippen LogP contribution in [0, 0.1) is 40.7 Å². The molecule has 1 aromatic rings. The van der Waals surface area contributed by atoms with Crippen LogP contribution in [0.2, 0.25) is 0 Å². The van der Waals surface area contributed by atoms with Crippen LogP contribution in [0.3, 0.4) is 0 Å². The zero-order valence-electron chi connectivity index (χ0n) is 17.8. The molecule has 0 heterocycles. The molecule has 30 heavy (non-hydrogen) atoms. The lowest BCUT2D eigenvalue weighted by Gasteiger charge is -2.29. The zero-order valence-corrected chi connectivity index (χ0v) is 17.8. The Hall–Kier alpha value is -2.21. The molecule has 0 aliphatic heterocycles. The van der Waals surface area contributed by atoms with Gasteiger partial charge in [0.1, 0.15) is 0 Å². The lowest BCUT2D eigenvalue weighted by atomic mass is 9.77. The average molecular weight is 410 g/mol. The summed E-state index contributed by atoms with van der Waals surface area (Å²) in [5.41, 5.74) is 0.950. The van der Waals surface area contributed by atoms with E-state index >= 15 is 0 Å². The standard InChI is InChI=1S/C27H33F2N/c28-26-18-17-25(20-27(26)29)24-15-13-23(14-16-24)12-11-22-9-7-21(8-10-22)6-4-2-1-3-5-19-30/h1-3,5,11-12,17-18,20-24H,4,6-10,13-16H2. The minimum absolute atomic E-state index is 0.365. The summed E-state index contributed by atoms with van der Waals surface area (Å²) in [6.07, 6.45) is 24.3. The summed E-state index contributed by atoms with van der Waals surface area (Å²) in [6.45, 7) is 0. The Morgan fingerprint density at radius 2 is 1.53 bits per heavy atom. The molecule has 160 valence electrons. The summed E-state index contributed by atoms with van der Waals surface area (Å²) in [5, 5.41) is 8.45. The number of rotatable bonds is 7. The van der Waals surface area contributed by atoms with Crippen LogP contribution >= 0.6 is 0 Å². The highest BCUT2D eigenvalue weighted by atomic mass is 19.2. The van der Waals surface area contributed by atoms with Gasteiger partial charge in [-0.1, -0.05) is 36.4 Å². The molecule has 0 amide bonds. The normalized spacial score (nSPS) is 27.8. The van der Waals surface area contributed by atoms with Gasteiger partial charge in [0.15, 0.2) is 11.6 Å². The first-order valence-electron chi connectivity index (χ1n) is 11.5. The monoisotopic (exact) mass is 409 g/mol. The molecule has 1 aromatic carbocycles. The first kappa shape index (κ1) is 22.5. The third-order valence-corrected chi connectivity index (χ3v) is 6.89. The third kappa shape index (κ3) is 6.94. The van der Waals surface area contributed by atoms with Crippen LogP contribution in [0.15, 0.2) is 54.7 Å². The zero-order chi connectivity index (χ0) is 21.2. The van der Waals surface area contributed by atoms with Gasteiger partial charge in [-0.2, -0.15) is 5.26 Å². The first-order chi connectivity index (χ1) is 14.7. The highest BCUT2D eigenvalue weighted by molar-refractivity contribution is 5.22. The van der Waals surface area contributed by atoms with E-state index in [2.05, 4.69) is 18.2 Å². The molecule has 1 nitrogen and oxygen atoms in total. The van der Waals surface area contributed by atoms with Crippen molar-refractivity contribution in [3.8, 4) is 6.07 Å². The molecule has 0 saturated heterocycles. The molecular weight excluding hydrogens is 376 g/mol. The van der Waals surface area contributed by atoms with Crippen molar-refractivity contribution in [3.05, 3.63) is 71.9 Å². The molecule has 3 heteroatoms. The van der Waals surface area contributed by atoms with Crippen molar-refractivity contribution in [1.82, 2.24) is 0 Å². The van der Waals surface area contributed by atoms with Crippen LogP contribution in [-0.4, -0.2) is 0 Å². The van der Waals surface area contributed by atoms with Crippen molar-refractivity contribution in [2.24, 2.45) is 17.8 Å². The molecule has 0 N–H and O–H groups in total. The van der Waals surface area contributed by atoms with Gasteiger partial charge < -0.3 is 0 Å². The Morgan fingerprint density at radius 3 is 2.17 bits per heavy atom. The molecule has 0 aromatic heterocycles. The van der Waals surface area contributed by atoms with E-state index in [-0.39, 0.29) is 0 Å². The van der Waals surface area contributed by atoms with Crippen LogP contribution in [0.4, 0.5) is 8.78 Å². The van der Waals surface area contributed by atoms with Crippen LogP contribution in [0.1, 0.15) is 75.7 Å². The SMILES string of the molecule is N#CC=CC=CCCC1CCC(C=CC2CCC(c3ccc(F)c(F)c3)CC2)CC1. The largest absolute Gasteiger partial charge is 0.204 e. The Kier molecular flexibility index (Phi) is 8.87. The van der Waals surface area contributed by atoms with E-state index in [0.29, 0.717) is 11.8 Å². The third-order valence-electron chi connectivity index (χ3n) is 6.89. The number of allylic oxidation sites excluding steroid dienone is 6. The number of nitrogens with zero attached hydrogens (tertiary/aromatic N) is 1. The fourth-order valence-corrected chi connectivity index (χ4v) is 5.00. The summed E-state index contributed by atoms with van der Waals surface area (Å²) in [6, 6.07) is 6.39. The molecule has 2 fully saturated rings. The van der Waals surface area contributed by atoms with Crippen molar-refractivity contribution >= 4 is 0 Å². The molecule has 0 radical (unpaired) electrons. The second-order valence-corrected chi connectivity index (χ2v) is 8.94. The van der Waals surface area contributed by atoms with Crippen molar-refractivity contribution < 1.29 is 8.78 Å². The number of hydrogen-bond donors (Lipinski definition) is 0. The first-order valence-corrected chi connectivity index (χ1v) is 11.5. The van der Waals surface area contributed by atoms with E-state index in [4.69, 9.17) is 5.26 Å². The lowest BCUT2D eigenvalue weighted by Crippen LogP contribution is -2.14. The van der Waals surface area contributed by atoms with Gasteiger partial charge in [0.2, 0.25) is 0 Å². The average Bonchev–Trinajstić information content (AvgIpc) is 2.78. The smallest absolute Gasteiger partial charge is 0.159 e. The highest BCUT2D eigenvalue weighted by Crippen LogP contribution is 2.38. The second kappa shape index (κ2) is 11.8. The molecule has 0 spiro atoms. The van der Waals surface area contributed by atoms with Crippen LogP contribution in [0.5, 0.6) is 0 Å². The van der Waals surface area contributed by atoms with Gasteiger partial charge >= 0.3 is 0 Å². The molecule has 2 aliphatic carbocycles. The summed E-state index contributed by atoms with van der Waals surface area (Å²) in [5.74, 6) is 1.08. The van der Waals surface area contributed by atoms with Gasteiger partial charge in [-0.05, 0) is 106 Å². The van der Waals surface area contributed by atoms with Gasteiger partial charge in [0, 0.05) is 6.08 Å². The van der Waals surface area contributed by atoms with Gasteiger partial charge in [-0.15, -0.1) is 0 Å². The Bertz CT molecular complexity index is 786. The molecule has 2 aliphatic rings. The minimum atomic E-state index is -0.755. The highest BCUT2D eigenvalue weighted by Gasteiger charge is 2.23. The van der Waals surface area contributed by atoms with Crippen LogP contribution < -0.4 is 0 Å². The minimum Gasteiger partial charge on any atom is -0.204 e. The second-order valence-electron chi connectivity index (χ2n) is 8.94. The fraction of sp³-hybridized carbons (Fsp3) is 0.519. The molecule has 0 bridgehead atoms. The Labute approximate surface area is 180 Å². The molecule has 0 atom stereocenters. The van der Waals surface area contributed by atoms with E-state index in [1.807, 2.05) is 12.1 Å². The summed E-state index contributed by atoms with van der Waals surface area (Å²) >= 11 is 0. The Balaban J connectivity index is 1.34. The van der Waals surface area contributed by atoms with Crippen molar-refractivity contribution in [3.63, 3.8) is 0 Å². The topological polar surface area (TPSA) is 23.8 Å². The number of nitriles is 1. The van der Waals surface area contributed by atoms with Gasteiger partial charge in [0.25, 0.3) is 0 Å². The van der Waals surface area contributed by atoms with Crippen LogP contribution in [-0.2, 0) is 0 Å². The molecule has 2 saturated carbocycles. The van der Waals surface area contributed by atoms with E-state index in [9.17, 15) is 8.78 Å². The van der Waals surface area contributed by atoms with E-state index in [1.54, 1.807) is 12.1 Å². The number of benzene rings is 1. The summed E-state index contributed by atoms with van der Waals surface area (Å²) in [7, 11) is 0. The maximum atomic E-state index is 13.5.